The fraction of sp³-hybridized carbons (Fsp3) is 0.179. The van der Waals surface area contributed by atoms with Gasteiger partial charge in [-0.3, -0.25) is 4.79 Å². The molecular weight excluding hydrogens is 479 g/mol. The van der Waals surface area contributed by atoms with Gasteiger partial charge in [-0.1, -0.05) is 60.1 Å². The van der Waals surface area contributed by atoms with Crippen molar-refractivity contribution in [2.45, 2.75) is 19.5 Å². The van der Waals surface area contributed by atoms with Crippen LogP contribution in [-0.2, 0) is 19.5 Å². The summed E-state index contributed by atoms with van der Waals surface area (Å²) in [6.45, 7) is 1.35. The average molecular weight is 503 g/mol. The predicted molar refractivity (Wildman–Crippen MR) is 137 cm³/mol. The summed E-state index contributed by atoms with van der Waals surface area (Å²) < 4.78 is 19.9. The third-order valence-electron chi connectivity index (χ3n) is 6.02. The van der Waals surface area contributed by atoms with Crippen LogP contribution in [0.4, 0.5) is 10.3 Å². The first-order valence-corrected chi connectivity index (χ1v) is 12.0. The second kappa shape index (κ2) is 10.3. The Hall–Kier alpha value is -3.97. The predicted octanol–water partition coefficient (Wildman–Crippen LogP) is 5.90. The maximum absolute atomic E-state index is 13.9. The summed E-state index contributed by atoms with van der Waals surface area (Å²) in [5, 5.41) is 0.402. The number of carbonyl (C=O) groups is 1. The van der Waals surface area contributed by atoms with Crippen LogP contribution in [0.5, 0.6) is 11.6 Å². The highest BCUT2D eigenvalue weighted by molar-refractivity contribution is 6.33. The molecular formula is C28H24ClFN4O2. The van der Waals surface area contributed by atoms with Crippen molar-refractivity contribution in [1.82, 2.24) is 14.9 Å². The number of aromatic nitrogens is 2. The second-order valence-corrected chi connectivity index (χ2v) is 9.02. The monoisotopic (exact) mass is 502 g/mol. The minimum absolute atomic E-state index is 0.173. The number of hydrogen-bond acceptors (Lipinski definition) is 5. The average Bonchev–Trinajstić information content (AvgIpc) is 2.89. The first-order valence-electron chi connectivity index (χ1n) is 11.6. The van der Waals surface area contributed by atoms with E-state index >= 15 is 0 Å². The molecule has 36 heavy (non-hydrogen) atoms. The van der Waals surface area contributed by atoms with Crippen LogP contribution in [0.1, 0.15) is 27.2 Å². The molecule has 6 nitrogen and oxygen atoms in total. The van der Waals surface area contributed by atoms with Crippen molar-refractivity contribution in [3.05, 3.63) is 112 Å². The third-order valence-corrected chi connectivity index (χ3v) is 6.35. The molecule has 0 aliphatic carbocycles. The molecule has 0 spiro atoms. The number of amides is 1. The molecule has 0 unspecified atom stereocenters. The standard InChI is InChI=1S/C28H24ClFN4O2/c1-33(17-19-8-3-2-4-9-19)28-31-25-14-15-34(27(35)22-12-5-6-13-24(22)29)18-23(25)26(32-28)36-21-11-7-10-20(30)16-21/h2-13,16H,14-15,17-18H2,1H3. The number of rotatable bonds is 6. The van der Waals surface area contributed by atoms with E-state index in [2.05, 4.69) is 0 Å². The van der Waals surface area contributed by atoms with E-state index < -0.39 is 5.82 Å². The van der Waals surface area contributed by atoms with Gasteiger partial charge >= 0.3 is 0 Å². The number of hydrogen-bond donors (Lipinski definition) is 0. The topological polar surface area (TPSA) is 58.6 Å². The van der Waals surface area contributed by atoms with Gasteiger partial charge in [0.1, 0.15) is 11.6 Å². The molecule has 1 aliphatic rings. The van der Waals surface area contributed by atoms with Gasteiger partial charge in [-0.05, 0) is 29.8 Å². The first kappa shape index (κ1) is 23.8. The second-order valence-electron chi connectivity index (χ2n) is 8.61. The summed E-state index contributed by atoms with van der Waals surface area (Å²) in [5.41, 5.74) is 3.05. The fourth-order valence-corrected chi connectivity index (χ4v) is 4.39. The van der Waals surface area contributed by atoms with E-state index in [1.165, 1.54) is 12.1 Å². The van der Waals surface area contributed by atoms with Crippen molar-refractivity contribution in [3.63, 3.8) is 0 Å². The molecule has 2 heterocycles. The zero-order valence-electron chi connectivity index (χ0n) is 19.7. The third kappa shape index (κ3) is 5.16. The number of carbonyl (C=O) groups excluding carboxylic acids is 1. The van der Waals surface area contributed by atoms with Crippen LogP contribution in [0.25, 0.3) is 0 Å². The first-order chi connectivity index (χ1) is 17.5. The quantitative estimate of drug-likeness (QED) is 0.329. The summed E-state index contributed by atoms with van der Waals surface area (Å²) in [5.74, 6) is 0.537. The number of halogens is 2. The molecule has 5 rings (SSSR count). The molecule has 0 saturated carbocycles. The Morgan fingerprint density at radius 2 is 1.83 bits per heavy atom. The minimum Gasteiger partial charge on any atom is -0.438 e. The Bertz CT molecular complexity index is 1400. The lowest BCUT2D eigenvalue weighted by Crippen LogP contribution is -2.37. The van der Waals surface area contributed by atoms with E-state index in [0.29, 0.717) is 53.2 Å². The molecule has 1 amide bonds. The number of ether oxygens (including phenoxy) is 1. The lowest BCUT2D eigenvalue weighted by atomic mass is 10.0. The van der Waals surface area contributed by atoms with Crippen LogP contribution in [0.3, 0.4) is 0 Å². The van der Waals surface area contributed by atoms with Gasteiger partial charge in [0.15, 0.2) is 0 Å². The van der Waals surface area contributed by atoms with Gasteiger partial charge in [0, 0.05) is 32.6 Å². The smallest absolute Gasteiger partial charge is 0.255 e. The molecule has 182 valence electrons. The highest BCUT2D eigenvalue weighted by Crippen LogP contribution is 2.32. The molecule has 0 bridgehead atoms. The van der Waals surface area contributed by atoms with E-state index in [1.54, 1.807) is 41.3 Å². The highest BCUT2D eigenvalue weighted by Gasteiger charge is 2.28. The maximum atomic E-state index is 13.9. The Morgan fingerprint density at radius 3 is 2.61 bits per heavy atom. The summed E-state index contributed by atoms with van der Waals surface area (Å²) in [4.78, 5) is 26.4. The van der Waals surface area contributed by atoms with Gasteiger partial charge < -0.3 is 14.5 Å². The van der Waals surface area contributed by atoms with Crippen molar-refractivity contribution in [2.75, 3.05) is 18.5 Å². The van der Waals surface area contributed by atoms with Crippen molar-refractivity contribution in [2.24, 2.45) is 0 Å². The highest BCUT2D eigenvalue weighted by atomic mass is 35.5. The van der Waals surface area contributed by atoms with Crippen LogP contribution in [0, 0.1) is 5.82 Å². The Labute approximate surface area is 213 Å². The normalized spacial score (nSPS) is 12.7. The molecule has 0 radical (unpaired) electrons. The summed E-state index contributed by atoms with van der Waals surface area (Å²) in [7, 11) is 1.91. The van der Waals surface area contributed by atoms with E-state index in [0.717, 1.165) is 11.3 Å². The molecule has 4 aromatic rings. The van der Waals surface area contributed by atoms with Crippen molar-refractivity contribution < 1.29 is 13.9 Å². The Balaban J connectivity index is 1.49. The molecule has 0 saturated heterocycles. The Kier molecular flexibility index (Phi) is 6.82. The summed E-state index contributed by atoms with van der Waals surface area (Å²) >= 11 is 6.28. The van der Waals surface area contributed by atoms with Crippen molar-refractivity contribution >= 4 is 23.5 Å². The number of anilines is 1. The largest absolute Gasteiger partial charge is 0.438 e. The number of benzene rings is 3. The zero-order valence-corrected chi connectivity index (χ0v) is 20.5. The molecule has 3 aromatic carbocycles. The maximum Gasteiger partial charge on any atom is 0.255 e. The molecule has 1 aliphatic heterocycles. The molecule has 0 fully saturated rings. The minimum atomic E-state index is -0.410. The van der Waals surface area contributed by atoms with Crippen LogP contribution in [-0.4, -0.2) is 34.4 Å². The number of fused-ring (bicyclic) bond motifs is 1. The van der Waals surface area contributed by atoms with Gasteiger partial charge in [-0.15, -0.1) is 0 Å². The SMILES string of the molecule is CN(Cc1ccccc1)c1nc2c(c(Oc3cccc(F)c3)n1)CN(C(=O)c1ccccc1Cl)CC2. The van der Waals surface area contributed by atoms with Gasteiger partial charge in [0.25, 0.3) is 5.91 Å². The van der Waals surface area contributed by atoms with Crippen LogP contribution in [0.2, 0.25) is 5.02 Å². The summed E-state index contributed by atoms with van der Waals surface area (Å²) in [6, 6.07) is 22.9. The van der Waals surface area contributed by atoms with Crippen LogP contribution < -0.4 is 9.64 Å². The molecule has 8 heteroatoms. The van der Waals surface area contributed by atoms with E-state index in [-0.39, 0.29) is 12.5 Å². The van der Waals surface area contributed by atoms with Gasteiger partial charge in [-0.2, -0.15) is 4.98 Å². The van der Waals surface area contributed by atoms with Crippen LogP contribution in [0.15, 0.2) is 78.9 Å². The zero-order chi connectivity index (χ0) is 25.1. The van der Waals surface area contributed by atoms with Crippen molar-refractivity contribution in [3.8, 4) is 11.6 Å². The lowest BCUT2D eigenvalue weighted by molar-refractivity contribution is 0.0732. The molecule has 0 N–H and O–H groups in total. The van der Waals surface area contributed by atoms with Crippen molar-refractivity contribution in [1.29, 1.82) is 0 Å². The fourth-order valence-electron chi connectivity index (χ4n) is 4.17. The van der Waals surface area contributed by atoms with E-state index in [4.69, 9.17) is 26.3 Å². The van der Waals surface area contributed by atoms with Gasteiger partial charge in [-0.25, -0.2) is 9.37 Å². The van der Waals surface area contributed by atoms with Crippen LogP contribution >= 0.6 is 11.6 Å². The molecule has 0 atom stereocenters. The lowest BCUT2D eigenvalue weighted by Gasteiger charge is -2.30. The van der Waals surface area contributed by atoms with E-state index in [1.807, 2.05) is 42.3 Å². The van der Waals surface area contributed by atoms with E-state index in [9.17, 15) is 9.18 Å². The molecule has 1 aromatic heterocycles. The summed E-state index contributed by atoms with van der Waals surface area (Å²) in [6.07, 6.45) is 0.528. The Morgan fingerprint density at radius 1 is 1.06 bits per heavy atom. The number of nitrogens with zero attached hydrogens (tertiary/aromatic N) is 4. The van der Waals surface area contributed by atoms with Gasteiger partial charge in [0.05, 0.1) is 28.4 Å². The van der Waals surface area contributed by atoms with Gasteiger partial charge in [0.2, 0.25) is 11.8 Å².